The molecule has 116 valence electrons. The first-order chi connectivity index (χ1) is 9.92. The second kappa shape index (κ2) is 8.69. The Bertz CT molecular complexity index is 521. The molecule has 0 fully saturated rings. The minimum Gasteiger partial charge on any atom is -0.486 e. The second-order valence-electron chi connectivity index (χ2n) is 4.52. The molecule has 1 aromatic carbocycles. The molecule has 0 spiro atoms. The van der Waals surface area contributed by atoms with Crippen molar-refractivity contribution in [3.8, 4) is 5.75 Å². The summed E-state index contributed by atoms with van der Waals surface area (Å²) in [5, 5.41) is 7.54. The van der Waals surface area contributed by atoms with E-state index < -0.39 is 0 Å². The summed E-state index contributed by atoms with van der Waals surface area (Å²) in [6.07, 6.45) is 0.0147. The Labute approximate surface area is 135 Å². The van der Waals surface area contributed by atoms with Crippen LogP contribution in [0.1, 0.15) is 20.8 Å². The van der Waals surface area contributed by atoms with Crippen LogP contribution in [0.3, 0.4) is 0 Å². The van der Waals surface area contributed by atoms with Crippen molar-refractivity contribution in [3.63, 3.8) is 0 Å². The highest BCUT2D eigenvalue weighted by Crippen LogP contribution is 2.28. The van der Waals surface area contributed by atoms with Crippen molar-refractivity contribution >= 4 is 40.4 Å². The molecule has 1 aromatic rings. The molecule has 0 unspecified atom stereocenters. The topological polar surface area (TPSA) is 52.1 Å². The van der Waals surface area contributed by atoms with E-state index in [0.717, 1.165) is 5.69 Å². The molecule has 1 rings (SSSR count). The van der Waals surface area contributed by atoms with Crippen LogP contribution in [0.2, 0.25) is 5.02 Å². The Kier molecular flexibility index (Phi) is 7.25. The molecule has 0 aliphatic heterocycles. The molecule has 0 aliphatic carbocycles. The number of halogens is 1. The summed E-state index contributed by atoms with van der Waals surface area (Å²) in [7, 11) is 1.48. The van der Waals surface area contributed by atoms with Crippen LogP contribution in [0.5, 0.6) is 5.75 Å². The number of rotatable bonds is 6. The molecule has 0 bridgehead atoms. The molecule has 0 radical (unpaired) electrons. The smallest absolute Gasteiger partial charge is 0.261 e. The van der Waals surface area contributed by atoms with Gasteiger partial charge in [0.25, 0.3) is 5.17 Å². The van der Waals surface area contributed by atoms with E-state index >= 15 is 0 Å². The number of hydrogen-bond acceptors (Lipinski definition) is 5. The lowest BCUT2D eigenvalue weighted by Crippen LogP contribution is -2.17. The van der Waals surface area contributed by atoms with Gasteiger partial charge < -0.3 is 19.6 Å². The number of anilines is 1. The minimum atomic E-state index is 0.0147. The number of oxime groups is 1. The monoisotopic (exact) mass is 330 g/mol. The van der Waals surface area contributed by atoms with Crippen LogP contribution >= 0.6 is 23.8 Å². The Balaban J connectivity index is 2.71. The van der Waals surface area contributed by atoms with E-state index in [9.17, 15) is 0 Å². The average molecular weight is 331 g/mol. The molecule has 7 heteroatoms. The Morgan fingerprint density at radius 1 is 1.43 bits per heavy atom. The molecule has 0 amide bonds. The predicted octanol–water partition coefficient (Wildman–Crippen LogP) is 3.86. The summed E-state index contributed by atoms with van der Waals surface area (Å²) in [5.74, 6) is 0.527. The van der Waals surface area contributed by atoms with E-state index in [1.165, 1.54) is 7.11 Å². The van der Waals surface area contributed by atoms with Gasteiger partial charge in [0.05, 0.1) is 16.8 Å². The SMILES string of the molecule is CO/N=C(\C)COc1cc(NC(=S)OC(C)C)ccc1Cl. The third kappa shape index (κ3) is 6.64. The van der Waals surface area contributed by atoms with Gasteiger partial charge in [-0.15, -0.1) is 0 Å². The standard InChI is InChI=1S/C14H19ClN2O3S/c1-9(2)20-14(21)16-11-5-6-12(15)13(7-11)19-8-10(3)17-18-4/h5-7,9H,8H2,1-4H3,(H,16,21)/b17-10+. The van der Waals surface area contributed by atoms with Crippen molar-refractivity contribution in [3.05, 3.63) is 23.2 Å². The highest BCUT2D eigenvalue weighted by molar-refractivity contribution is 7.80. The van der Waals surface area contributed by atoms with Crippen LogP contribution in [0.4, 0.5) is 5.69 Å². The summed E-state index contributed by atoms with van der Waals surface area (Å²) >= 11 is 11.2. The van der Waals surface area contributed by atoms with Gasteiger partial charge in [-0.25, -0.2) is 0 Å². The Morgan fingerprint density at radius 2 is 2.14 bits per heavy atom. The van der Waals surface area contributed by atoms with Crippen LogP contribution in [-0.4, -0.2) is 30.7 Å². The maximum absolute atomic E-state index is 6.09. The van der Waals surface area contributed by atoms with E-state index in [4.69, 9.17) is 33.3 Å². The zero-order chi connectivity index (χ0) is 15.8. The first-order valence-corrected chi connectivity index (χ1v) is 7.17. The molecule has 1 N–H and O–H groups in total. The normalized spacial score (nSPS) is 11.2. The van der Waals surface area contributed by atoms with Gasteiger partial charge in [0.2, 0.25) is 0 Å². The number of ether oxygens (including phenoxy) is 2. The van der Waals surface area contributed by atoms with Gasteiger partial charge in [-0.2, -0.15) is 0 Å². The van der Waals surface area contributed by atoms with Crippen LogP contribution in [0.25, 0.3) is 0 Å². The fourth-order valence-electron chi connectivity index (χ4n) is 1.42. The molecule has 0 heterocycles. The zero-order valence-corrected chi connectivity index (χ0v) is 14.0. The van der Waals surface area contributed by atoms with Crippen LogP contribution in [0, 0.1) is 0 Å². The van der Waals surface area contributed by atoms with Crippen molar-refractivity contribution in [1.82, 2.24) is 0 Å². The fourth-order valence-corrected chi connectivity index (χ4v) is 1.90. The molecule has 0 saturated heterocycles. The first-order valence-electron chi connectivity index (χ1n) is 6.39. The van der Waals surface area contributed by atoms with Gasteiger partial charge in [-0.1, -0.05) is 16.8 Å². The van der Waals surface area contributed by atoms with Gasteiger partial charge in [0.15, 0.2) is 0 Å². The third-order valence-electron chi connectivity index (χ3n) is 2.20. The van der Waals surface area contributed by atoms with Crippen molar-refractivity contribution in [2.24, 2.45) is 5.16 Å². The Morgan fingerprint density at radius 3 is 2.76 bits per heavy atom. The zero-order valence-electron chi connectivity index (χ0n) is 12.5. The number of thiocarbonyl (C=S) groups is 1. The van der Waals surface area contributed by atoms with Crippen LogP contribution < -0.4 is 10.1 Å². The summed E-state index contributed by atoms with van der Waals surface area (Å²) in [5.41, 5.74) is 1.44. The molecule has 0 aliphatic rings. The number of nitrogens with zero attached hydrogens (tertiary/aromatic N) is 1. The summed E-state index contributed by atoms with van der Waals surface area (Å²) in [6.45, 7) is 5.89. The minimum absolute atomic E-state index is 0.0147. The first kappa shape index (κ1) is 17.5. The second-order valence-corrected chi connectivity index (χ2v) is 5.30. The molecule has 5 nitrogen and oxygen atoms in total. The van der Waals surface area contributed by atoms with Gasteiger partial charge >= 0.3 is 0 Å². The molecule has 21 heavy (non-hydrogen) atoms. The van der Waals surface area contributed by atoms with E-state index in [1.54, 1.807) is 25.1 Å². The largest absolute Gasteiger partial charge is 0.486 e. The van der Waals surface area contributed by atoms with Gasteiger partial charge in [-0.05, 0) is 45.1 Å². The molecule has 0 atom stereocenters. The third-order valence-corrected chi connectivity index (χ3v) is 2.71. The van der Waals surface area contributed by atoms with Crippen molar-refractivity contribution < 1.29 is 14.3 Å². The lowest BCUT2D eigenvalue weighted by atomic mass is 10.3. The molecular formula is C14H19ClN2O3S. The van der Waals surface area contributed by atoms with E-state index in [2.05, 4.69) is 15.3 Å². The molecule has 0 aromatic heterocycles. The Hall–Kier alpha value is -1.53. The van der Waals surface area contributed by atoms with Gasteiger partial charge in [0.1, 0.15) is 19.5 Å². The van der Waals surface area contributed by atoms with Crippen LogP contribution in [0.15, 0.2) is 23.4 Å². The number of benzene rings is 1. The van der Waals surface area contributed by atoms with Crippen molar-refractivity contribution in [2.75, 3.05) is 19.0 Å². The average Bonchev–Trinajstić information content (AvgIpc) is 2.38. The fraction of sp³-hybridized carbons (Fsp3) is 0.429. The summed E-state index contributed by atoms with van der Waals surface area (Å²) in [4.78, 5) is 4.66. The maximum atomic E-state index is 6.09. The van der Waals surface area contributed by atoms with Gasteiger partial charge in [-0.3, -0.25) is 0 Å². The van der Waals surface area contributed by atoms with Gasteiger partial charge in [0, 0.05) is 11.8 Å². The quantitative estimate of drug-likeness (QED) is 0.487. The maximum Gasteiger partial charge on any atom is 0.261 e. The van der Waals surface area contributed by atoms with Crippen molar-refractivity contribution in [1.29, 1.82) is 0 Å². The lowest BCUT2D eigenvalue weighted by Gasteiger charge is -2.14. The van der Waals surface area contributed by atoms with Crippen molar-refractivity contribution in [2.45, 2.75) is 26.9 Å². The van der Waals surface area contributed by atoms with E-state index in [0.29, 0.717) is 21.7 Å². The molecular weight excluding hydrogens is 312 g/mol. The number of hydrogen-bond donors (Lipinski definition) is 1. The molecule has 0 saturated carbocycles. The summed E-state index contributed by atoms with van der Waals surface area (Å²) in [6, 6.07) is 5.26. The van der Waals surface area contributed by atoms with E-state index in [-0.39, 0.29) is 12.7 Å². The van der Waals surface area contributed by atoms with Crippen LogP contribution in [-0.2, 0) is 9.57 Å². The predicted molar refractivity (Wildman–Crippen MR) is 89.5 cm³/mol. The van der Waals surface area contributed by atoms with E-state index in [1.807, 2.05) is 13.8 Å². The highest BCUT2D eigenvalue weighted by Gasteiger charge is 2.07. The lowest BCUT2D eigenvalue weighted by molar-refractivity contribution is 0.209. The highest BCUT2D eigenvalue weighted by atomic mass is 35.5. The summed E-state index contributed by atoms with van der Waals surface area (Å²) < 4.78 is 11.0. The number of nitrogens with one attached hydrogen (secondary N) is 1.